The zero-order chi connectivity index (χ0) is 21.2. The summed E-state index contributed by atoms with van der Waals surface area (Å²) in [5.74, 6) is 1.53. The SMILES string of the molecule is Cc1nc(-c2ccccc2)ncc1CN1CCc2nc(-c3ccc(Cl)cc3)ncc2C1. The molecule has 0 aliphatic carbocycles. The summed E-state index contributed by atoms with van der Waals surface area (Å²) < 4.78 is 0. The Labute approximate surface area is 186 Å². The third-order valence-corrected chi connectivity index (χ3v) is 5.87. The lowest BCUT2D eigenvalue weighted by atomic mass is 10.1. The Morgan fingerprint density at radius 1 is 0.871 bits per heavy atom. The molecule has 5 rings (SSSR count). The van der Waals surface area contributed by atoms with Crippen molar-refractivity contribution in [2.24, 2.45) is 0 Å². The third kappa shape index (κ3) is 4.33. The lowest BCUT2D eigenvalue weighted by Crippen LogP contribution is -2.31. The van der Waals surface area contributed by atoms with Gasteiger partial charge in [-0.05, 0) is 31.2 Å². The molecule has 0 N–H and O–H groups in total. The average molecular weight is 428 g/mol. The fourth-order valence-electron chi connectivity index (χ4n) is 3.86. The van der Waals surface area contributed by atoms with E-state index in [0.29, 0.717) is 5.02 Å². The van der Waals surface area contributed by atoms with E-state index in [4.69, 9.17) is 21.6 Å². The zero-order valence-electron chi connectivity index (χ0n) is 17.3. The topological polar surface area (TPSA) is 54.8 Å². The van der Waals surface area contributed by atoms with Crippen LogP contribution in [0, 0.1) is 6.92 Å². The Morgan fingerprint density at radius 2 is 1.58 bits per heavy atom. The molecule has 0 bridgehead atoms. The molecule has 1 aliphatic heterocycles. The molecule has 0 saturated carbocycles. The maximum absolute atomic E-state index is 5.99. The van der Waals surface area contributed by atoms with Gasteiger partial charge in [-0.15, -0.1) is 0 Å². The summed E-state index contributed by atoms with van der Waals surface area (Å²) in [7, 11) is 0. The number of nitrogens with zero attached hydrogens (tertiary/aromatic N) is 5. The lowest BCUT2D eigenvalue weighted by molar-refractivity contribution is 0.242. The molecule has 0 atom stereocenters. The van der Waals surface area contributed by atoms with Crippen LogP contribution in [-0.4, -0.2) is 31.4 Å². The first-order valence-corrected chi connectivity index (χ1v) is 10.7. The molecule has 0 radical (unpaired) electrons. The summed E-state index contributed by atoms with van der Waals surface area (Å²) >= 11 is 5.99. The van der Waals surface area contributed by atoms with Crippen molar-refractivity contribution >= 4 is 11.6 Å². The molecule has 2 aromatic carbocycles. The molecule has 0 unspecified atom stereocenters. The van der Waals surface area contributed by atoms with Gasteiger partial charge in [-0.1, -0.05) is 41.9 Å². The Balaban J connectivity index is 1.30. The minimum atomic E-state index is 0.716. The lowest BCUT2D eigenvalue weighted by Gasteiger charge is -2.28. The van der Waals surface area contributed by atoms with Gasteiger partial charge in [0, 0.05) is 71.4 Å². The van der Waals surface area contributed by atoms with E-state index in [0.717, 1.165) is 65.8 Å². The molecule has 1 aliphatic rings. The van der Waals surface area contributed by atoms with Crippen molar-refractivity contribution in [3.63, 3.8) is 0 Å². The van der Waals surface area contributed by atoms with Crippen molar-refractivity contribution in [1.82, 2.24) is 24.8 Å². The Hall–Kier alpha value is -3.15. The van der Waals surface area contributed by atoms with Gasteiger partial charge in [0.05, 0.1) is 5.69 Å². The van der Waals surface area contributed by atoms with E-state index in [9.17, 15) is 0 Å². The Morgan fingerprint density at radius 3 is 2.35 bits per heavy atom. The predicted octanol–water partition coefficient (Wildman–Crippen LogP) is 5.12. The Kier molecular flexibility index (Phi) is 5.45. The van der Waals surface area contributed by atoms with E-state index in [1.165, 1.54) is 5.56 Å². The molecule has 6 heteroatoms. The van der Waals surface area contributed by atoms with E-state index in [1.807, 2.05) is 67.0 Å². The summed E-state index contributed by atoms with van der Waals surface area (Å²) in [6, 6.07) is 17.7. The van der Waals surface area contributed by atoms with Crippen LogP contribution in [0.15, 0.2) is 67.0 Å². The highest BCUT2D eigenvalue weighted by Gasteiger charge is 2.20. The molecule has 2 aromatic heterocycles. The second-order valence-corrected chi connectivity index (χ2v) is 8.24. The van der Waals surface area contributed by atoms with Gasteiger partial charge in [-0.3, -0.25) is 4.90 Å². The highest BCUT2D eigenvalue weighted by molar-refractivity contribution is 6.30. The molecule has 5 nitrogen and oxygen atoms in total. The van der Waals surface area contributed by atoms with E-state index in [-0.39, 0.29) is 0 Å². The average Bonchev–Trinajstić information content (AvgIpc) is 2.81. The van der Waals surface area contributed by atoms with Gasteiger partial charge in [0.25, 0.3) is 0 Å². The number of fused-ring (bicyclic) bond motifs is 1. The first kappa shape index (κ1) is 19.8. The molecule has 0 spiro atoms. The summed E-state index contributed by atoms with van der Waals surface area (Å²) in [5.41, 5.74) is 6.52. The van der Waals surface area contributed by atoms with Crippen molar-refractivity contribution in [3.8, 4) is 22.8 Å². The molecular formula is C25H22ClN5. The van der Waals surface area contributed by atoms with Gasteiger partial charge in [0.1, 0.15) is 0 Å². The smallest absolute Gasteiger partial charge is 0.159 e. The second kappa shape index (κ2) is 8.53. The van der Waals surface area contributed by atoms with Gasteiger partial charge >= 0.3 is 0 Å². The summed E-state index contributed by atoms with van der Waals surface area (Å²) in [6.07, 6.45) is 4.82. The van der Waals surface area contributed by atoms with Crippen LogP contribution >= 0.6 is 11.6 Å². The second-order valence-electron chi connectivity index (χ2n) is 7.80. The monoisotopic (exact) mass is 427 g/mol. The minimum Gasteiger partial charge on any atom is -0.294 e. The van der Waals surface area contributed by atoms with Gasteiger partial charge < -0.3 is 0 Å². The first-order chi connectivity index (χ1) is 15.2. The standard InChI is InChI=1S/C25H22ClN5/c1-17-20(13-27-24(29-17)18-5-3-2-4-6-18)15-31-12-11-23-21(16-31)14-28-25(30-23)19-7-9-22(26)10-8-19/h2-10,13-14H,11-12,15-16H2,1H3. The van der Waals surface area contributed by atoms with Crippen molar-refractivity contribution in [2.45, 2.75) is 26.4 Å². The number of halogens is 1. The van der Waals surface area contributed by atoms with Crippen LogP contribution in [-0.2, 0) is 19.5 Å². The van der Waals surface area contributed by atoms with Gasteiger partial charge in [-0.25, -0.2) is 19.9 Å². The van der Waals surface area contributed by atoms with Gasteiger partial charge in [0.15, 0.2) is 11.6 Å². The van der Waals surface area contributed by atoms with E-state index < -0.39 is 0 Å². The summed E-state index contributed by atoms with van der Waals surface area (Å²) in [4.78, 5) is 21.1. The van der Waals surface area contributed by atoms with Crippen LogP contribution in [0.1, 0.15) is 22.5 Å². The number of aromatic nitrogens is 4. The predicted molar refractivity (Wildman–Crippen MR) is 123 cm³/mol. The van der Waals surface area contributed by atoms with Crippen molar-refractivity contribution in [1.29, 1.82) is 0 Å². The summed E-state index contributed by atoms with van der Waals surface area (Å²) in [5, 5.41) is 0.716. The van der Waals surface area contributed by atoms with Crippen molar-refractivity contribution in [2.75, 3.05) is 6.54 Å². The Bertz CT molecular complexity index is 1210. The molecular weight excluding hydrogens is 406 g/mol. The van der Waals surface area contributed by atoms with Crippen LogP contribution in [0.25, 0.3) is 22.8 Å². The third-order valence-electron chi connectivity index (χ3n) is 5.62. The van der Waals surface area contributed by atoms with Crippen LogP contribution in [0.3, 0.4) is 0 Å². The highest BCUT2D eigenvalue weighted by Crippen LogP contribution is 2.24. The van der Waals surface area contributed by atoms with E-state index in [1.54, 1.807) is 0 Å². The minimum absolute atomic E-state index is 0.716. The van der Waals surface area contributed by atoms with Crippen molar-refractivity contribution in [3.05, 3.63) is 94.5 Å². The van der Waals surface area contributed by atoms with Crippen LogP contribution in [0.5, 0.6) is 0 Å². The fraction of sp³-hybridized carbons (Fsp3) is 0.200. The molecule has 154 valence electrons. The highest BCUT2D eigenvalue weighted by atomic mass is 35.5. The maximum atomic E-state index is 5.99. The molecule has 0 amide bonds. The normalized spacial score (nSPS) is 13.7. The number of benzene rings is 2. The van der Waals surface area contributed by atoms with Gasteiger partial charge in [0.2, 0.25) is 0 Å². The molecule has 31 heavy (non-hydrogen) atoms. The number of rotatable bonds is 4. The van der Waals surface area contributed by atoms with Crippen LogP contribution in [0.2, 0.25) is 5.02 Å². The molecule has 3 heterocycles. The molecule has 0 fully saturated rings. The van der Waals surface area contributed by atoms with Crippen LogP contribution < -0.4 is 0 Å². The fourth-order valence-corrected chi connectivity index (χ4v) is 3.99. The maximum Gasteiger partial charge on any atom is 0.159 e. The first-order valence-electron chi connectivity index (χ1n) is 10.4. The number of hydrogen-bond acceptors (Lipinski definition) is 5. The van der Waals surface area contributed by atoms with Crippen LogP contribution in [0.4, 0.5) is 0 Å². The quantitative estimate of drug-likeness (QED) is 0.452. The molecule has 4 aromatic rings. The van der Waals surface area contributed by atoms with Crippen molar-refractivity contribution < 1.29 is 0 Å². The number of hydrogen-bond donors (Lipinski definition) is 0. The van der Waals surface area contributed by atoms with E-state index in [2.05, 4.69) is 21.8 Å². The number of aryl methyl sites for hydroxylation is 1. The zero-order valence-corrected chi connectivity index (χ0v) is 18.0. The van der Waals surface area contributed by atoms with Gasteiger partial charge in [-0.2, -0.15) is 0 Å². The van der Waals surface area contributed by atoms with E-state index >= 15 is 0 Å². The largest absolute Gasteiger partial charge is 0.294 e. The summed E-state index contributed by atoms with van der Waals surface area (Å²) in [6.45, 7) is 4.65. The molecule has 0 saturated heterocycles.